The Morgan fingerprint density at radius 3 is 1.88 bits per heavy atom. The van der Waals surface area contributed by atoms with Crippen LogP contribution >= 0.6 is 0 Å². The van der Waals surface area contributed by atoms with Crippen LogP contribution in [0.15, 0.2) is 85.2 Å². The summed E-state index contributed by atoms with van der Waals surface area (Å²) in [6, 6.07) is 21.3. The monoisotopic (exact) mass is 537 g/mol. The Kier molecular flexibility index (Phi) is 8.07. The van der Waals surface area contributed by atoms with Crippen LogP contribution in [-0.2, 0) is 29.0 Å². The second-order valence-electron chi connectivity index (χ2n) is 9.73. The van der Waals surface area contributed by atoms with Gasteiger partial charge in [-0.2, -0.15) is 0 Å². The molecule has 0 aliphatic carbocycles. The largest absolute Gasteiger partial charge is 0.508 e. The van der Waals surface area contributed by atoms with Crippen molar-refractivity contribution in [2.45, 2.75) is 38.9 Å². The highest BCUT2D eigenvalue weighted by Crippen LogP contribution is 2.31. The number of hydrogen-bond acceptors (Lipinski definition) is 8. The van der Waals surface area contributed by atoms with Gasteiger partial charge in [-0.25, -0.2) is 0 Å². The summed E-state index contributed by atoms with van der Waals surface area (Å²) in [5.74, 6) is 0.0850. The molecule has 40 heavy (non-hydrogen) atoms. The maximum atomic E-state index is 12.8. The number of rotatable bonds is 10. The molecule has 0 spiro atoms. The van der Waals surface area contributed by atoms with E-state index in [0.29, 0.717) is 30.5 Å². The number of esters is 1. The smallest absolute Gasteiger partial charge is 0.307 e. The zero-order valence-corrected chi connectivity index (χ0v) is 22.2. The predicted octanol–water partition coefficient (Wildman–Crippen LogP) is 5.47. The highest BCUT2D eigenvalue weighted by atomic mass is 16.5. The van der Waals surface area contributed by atoms with E-state index in [2.05, 4.69) is 14.9 Å². The molecule has 3 aromatic carbocycles. The zero-order valence-electron chi connectivity index (χ0n) is 22.2. The third-order valence-electron chi connectivity index (χ3n) is 7.06. The van der Waals surface area contributed by atoms with Gasteiger partial charge in [0.25, 0.3) is 0 Å². The number of ether oxygens (including phenoxy) is 1. The van der Waals surface area contributed by atoms with Gasteiger partial charge in [-0.3, -0.25) is 19.7 Å². The summed E-state index contributed by atoms with van der Waals surface area (Å²) >= 11 is 0. The Hall–Kier alpha value is -4.69. The molecule has 1 atom stereocenters. The first-order chi connectivity index (χ1) is 19.4. The van der Waals surface area contributed by atoms with Crippen molar-refractivity contribution in [1.82, 2.24) is 14.9 Å². The van der Waals surface area contributed by atoms with E-state index in [4.69, 9.17) is 4.74 Å². The fourth-order valence-electron chi connectivity index (χ4n) is 5.11. The van der Waals surface area contributed by atoms with E-state index >= 15 is 0 Å². The van der Waals surface area contributed by atoms with Crippen molar-refractivity contribution in [2.75, 3.05) is 6.61 Å². The van der Waals surface area contributed by atoms with Gasteiger partial charge >= 0.3 is 5.97 Å². The normalized spacial score (nSPS) is 12.2. The summed E-state index contributed by atoms with van der Waals surface area (Å²) in [6.07, 6.45) is 3.97. The van der Waals surface area contributed by atoms with Gasteiger partial charge in [-0.15, -0.1) is 0 Å². The van der Waals surface area contributed by atoms with Gasteiger partial charge < -0.3 is 20.1 Å². The summed E-state index contributed by atoms with van der Waals surface area (Å²) in [6.45, 7) is 2.98. The fourth-order valence-corrected chi connectivity index (χ4v) is 5.11. The third-order valence-corrected chi connectivity index (χ3v) is 7.06. The van der Waals surface area contributed by atoms with Crippen LogP contribution in [0.25, 0.3) is 21.8 Å². The molecule has 0 aliphatic heterocycles. The fraction of sp³-hybridized carbons (Fsp3) is 0.219. The van der Waals surface area contributed by atoms with Gasteiger partial charge in [0.05, 0.1) is 13.0 Å². The van der Waals surface area contributed by atoms with Crippen LogP contribution < -0.4 is 0 Å². The molecule has 0 radical (unpaired) electrons. The standard InChI is InChI=1S/C32H31N3O5/c1-2-40-30(39)18-24(17-21-7-11-25(36)12-8-21)35(19-22-9-13-28(37)31-26(22)5-3-15-33-31)20-23-10-14-29(38)32-27(23)6-4-16-34-32/h3-16,24,36-38H,2,17-20H2,1H3. The first-order valence-electron chi connectivity index (χ1n) is 13.2. The quantitative estimate of drug-likeness (QED) is 0.201. The average molecular weight is 538 g/mol. The molecule has 204 valence electrons. The molecule has 0 fully saturated rings. The number of benzene rings is 3. The lowest BCUT2D eigenvalue weighted by molar-refractivity contribution is -0.144. The van der Waals surface area contributed by atoms with E-state index in [1.807, 2.05) is 48.5 Å². The Labute approximate surface area is 232 Å². The number of nitrogens with zero attached hydrogens (tertiary/aromatic N) is 3. The highest BCUT2D eigenvalue weighted by Gasteiger charge is 2.25. The lowest BCUT2D eigenvalue weighted by Gasteiger charge is -2.32. The number of aromatic hydroxyl groups is 3. The van der Waals surface area contributed by atoms with Gasteiger partial charge in [-0.05, 0) is 66.4 Å². The lowest BCUT2D eigenvalue weighted by atomic mass is 9.98. The van der Waals surface area contributed by atoms with E-state index in [9.17, 15) is 20.1 Å². The van der Waals surface area contributed by atoms with E-state index in [0.717, 1.165) is 27.5 Å². The summed E-state index contributed by atoms with van der Waals surface area (Å²) in [5, 5.41) is 32.3. The van der Waals surface area contributed by atoms with E-state index in [-0.39, 0.29) is 42.3 Å². The average Bonchev–Trinajstić information content (AvgIpc) is 2.96. The number of hydrogen-bond donors (Lipinski definition) is 3. The van der Waals surface area contributed by atoms with Crippen molar-refractivity contribution in [3.8, 4) is 17.2 Å². The molecule has 5 aromatic rings. The number of phenolic OH excluding ortho intramolecular Hbond substituents is 3. The number of carbonyl (C=O) groups excluding carboxylic acids is 1. The summed E-state index contributed by atoms with van der Waals surface area (Å²) in [4.78, 5) is 23.8. The van der Waals surface area contributed by atoms with Crippen LogP contribution in [0.3, 0.4) is 0 Å². The van der Waals surface area contributed by atoms with Crippen LogP contribution in [0, 0.1) is 0 Å². The minimum Gasteiger partial charge on any atom is -0.508 e. The Morgan fingerprint density at radius 2 is 1.35 bits per heavy atom. The SMILES string of the molecule is CCOC(=O)CC(Cc1ccc(O)cc1)N(Cc1ccc(O)c2ncccc12)Cc1ccc(O)c2ncccc12. The van der Waals surface area contributed by atoms with Gasteiger partial charge in [0.2, 0.25) is 0 Å². The molecule has 3 N–H and O–H groups in total. The molecule has 0 saturated heterocycles. The molecular formula is C32H31N3O5. The van der Waals surface area contributed by atoms with Crippen LogP contribution in [-0.4, -0.2) is 48.8 Å². The van der Waals surface area contributed by atoms with Gasteiger partial charge in [-0.1, -0.05) is 36.4 Å². The number of carbonyl (C=O) groups is 1. The number of fused-ring (bicyclic) bond motifs is 2. The number of aromatic nitrogens is 2. The zero-order chi connectivity index (χ0) is 28.1. The van der Waals surface area contributed by atoms with Gasteiger partial charge in [0.1, 0.15) is 28.3 Å². The lowest BCUT2D eigenvalue weighted by Crippen LogP contribution is -2.38. The maximum Gasteiger partial charge on any atom is 0.307 e. The molecule has 1 unspecified atom stereocenters. The molecular weight excluding hydrogens is 506 g/mol. The Morgan fingerprint density at radius 1 is 0.800 bits per heavy atom. The summed E-state index contributed by atoms with van der Waals surface area (Å²) < 4.78 is 5.36. The van der Waals surface area contributed by atoms with E-state index < -0.39 is 0 Å². The minimum absolute atomic E-state index is 0.105. The minimum atomic E-state index is -0.300. The number of pyridine rings is 2. The third kappa shape index (κ3) is 5.97. The van der Waals surface area contributed by atoms with Gasteiger partial charge in [0, 0.05) is 42.3 Å². The Balaban J connectivity index is 1.59. The predicted molar refractivity (Wildman–Crippen MR) is 153 cm³/mol. The van der Waals surface area contributed by atoms with E-state index in [1.165, 1.54) is 0 Å². The van der Waals surface area contributed by atoms with Gasteiger partial charge in [0.15, 0.2) is 0 Å². The first kappa shape index (κ1) is 26.9. The molecule has 5 rings (SSSR count). The van der Waals surface area contributed by atoms with Crippen molar-refractivity contribution < 1.29 is 24.9 Å². The van der Waals surface area contributed by atoms with Crippen molar-refractivity contribution in [3.63, 3.8) is 0 Å². The molecule has 2 aromatic heterocycles. The summed E-state index contributed by atoms with van der Waals surface area (Å²) in [7, 11) is 0. The molecule has 8 heteroatoms. The molecule has 2 heterocycles. The molecule has 0 amide bonds. The number of phenols is 3. The van der Waals surface area contributed by atoms with Crippen LogP contribution in [0.4, 0.5) is 0 Å². The molecule has 0 saturated carbocycles. The van der Waals surface area contributed by atoms with Crippen molar-refractivity contribution in [1.29, 1.82) is 0 Å². The van der Waals surface area contributed by atoms with Crippen LogP contribution in [0.2, 0.25) is 0 Å². The van der Waals surface area contributed by atoms with Crippen LogP contribution in [0.1, 0.15) is 30.0 Å². The summed E-state index contributed by atoms with van der Waals surface area (Å²) in [5.41, 5.74) is 3.88. The van der Waals surface area contributed by atoms with Crippen molar-refractivity contribution in [3.05, 3.63) is 102 Å². The molecule has 8 nitrogen and oxygen atoms in total. The van der Waals surface area contributed by atoms with Crippen molar-refractivity contribution >= 4 is 27.8 Å². The van der Waals surface area contributed by atoms with E-state index in [1.54, 1.807) is 43.6 Å². The Bertz CT molecular complexity index is 1550. The van der Waals surface area contributed by atoms with Crippen LogP contribution in [0.5, 0.6) is 17.2 Å². The maximum absolute atomic E-state index is 12.8. The second kappa shape index (κ2) is 12.0. The highest BCUT2D eigenvalue weighted by molar-refractivity contribution is 5.88. The first-order valence-corrected chi connectivity index (χ1v) is 13.2. The topological polar surface area (TPSA) is 116 Å². The molecule has 0 bridgehead atoms. The van der Waals surface area contributed by atoms with Crippen molar-refractivity contribution in [2.24, 2.45) is 0 Å². The second-order valence-corrected chi connectivity index (χ2v) is 9.73. The molecule has 0 aliphatic rings.